The summed E-state index contributed by atoms with van der Waals surface area (Å²) in [5.74, 6) is -0.411. The average molecular weight is 155 g/mol. The lowest BCUT2D eigenvalue weighted by Gasteiger charge is -1.89. The predicted molar refractivity (Wildman–Crippen MR) is 38.7 cm³/mol. The first kappa shape index (κ1) is 7.15. The molecule has 1 rings (SSSR count). The fraction of sp³-hybridized carbons (Fsp3) is 0. The van der Waals surface area contributed by atoms with Gasteiger partial charge < -0.3 is 0 Å². The molecule has 0 aromatic heterocycles. The Balaban J connectivity index is 3.14. The Labute approximate surface area is 61.6 Å². The summed E-state index contributed by atoms with van der Waals surface area (Å²) in [5.41, 5.74) is 0.225. The maximum Gasteiger partial charge on any atom is 0.132 e. The first-order chi connectivity index (χ1) is 4.84. The van der Waals surface area contributed by atoms with E-state index in [2.05, 4.69) is 5.37 Å². The van der Waals surface area contributed by atoms with Crippen molar-refractivity contribution in [3.63, 3.8) is 0 Å². The zero-order valence-corrected chi connectivity index (χ0v) is 5.82. The molecule has 1 aromatic rings. The van der Waals surface area contributed by atoms with Crippen LogP contribution in [0.1, 0.15) is 5.56 Å². The molecule has 0 aliphatic heterocycles. The molecule has 0 spiro atoms. The lowest BCUT2D eigenvalue weighted by atomic mass is 10.2. The number of hydrogen-bond acceptors (Lipinski definition) is 1. The van der Waals surface area contributed by atoms with Crippen molar-refractivity contribution in [2.45, 2.75) is 0 Å². The second-order valence-electron chi connectivity index (χ2n) is 1.67. The van der Waals surface area contributed by atoms with Gasteiger partial charge in [0.05, 0.1) is 16.6 Å². The van der Waals surface area contributed by atoms with Crippen LogP contribution in [-0.2, 0) is 11.3 Å². The summed E-state index contributed by atoms with van der Waals surface area (Å²) in [4.78, 5) is 0. The van der Waals surface area contributed by atoms with E-state index in [9.17, 15) is 8.60 Å². The first-order valence-corrected chi connectivity index (χ1v) is 3.38. The van der Waals surface area contributed by atoms with E-state index in [4.69, 9.17) is 0 Å². The fourth-order valence-corrected chi connectivity index (χ4v) is 0.844. The van der Waals surface area contributed by atoms with Crippen LogP contribution < -0.4 is 0 Å². The van der Waals surface area contributed by atoms with Crippen LogP contribution in [0.2, 0.25) is 0 Å². The van der Waals surface area contributed by atoms with Gasteiger partial charge >= 0.3 is 0 Å². The summed E-state index contributed by atoms with van der Waals surface area (Å²) < 4.78 is 22.5. The summed E-state index contributed by atoms with van der Waals surface area (Å²) in [6, 6.07) is 6.01. The Morgan fingerprint density at radius 3 is 2.70 bits per heavy atom. The molecule has 10 heavy (non-hydrogen) atoms. The van der Waals surface area contributed by atoms with Crippen molar-refractivity contribution < 1.29 is 8.60 Å². The molecule has 1 nitrogen and oxygen atoms in total. The molecule has 1 radical (unpaired) electrons. The van der Waals surface area contributed by atoms with Gasteiger partial charge in [0.2, 0.25) is 0 Å². The molecule has 0 unspecified atom stereocenters. The van der Waals surface area contributed by atoms with Crippen molar-refractivity contribution in [3.8, 4) is 0 Å². The highest BCUT2D eigenvalue weighted by Crippen LogP contribution is 2.01. The van der Waals surface area contributed by atoms with Gasteiger partial charge in [0.25, 0.3) is 0 Å². The van der Waals surface area contributed by atoms with Crippen molar-refractivity contribution in [3.05, 3.63) is 35.6 Å². The maximum atomic E-state index is 12.6. The van der Waals surface area contributed by atoms with Gasteiger partial charge in [-0.05, 0) is 6.07 Å². The Morgan fingerprint density at radius 2 is 2.10 bits per heavy atom. The third-order valence-corrected chi connectivity index (χ3v) is 1.33. The number of rotatable bonds is 1. The highest BCUT2D eigenvalue weighted by molar-refractivity contribution is 7.65. The van der Waals surface area contributed by atoms with Crippen LogP contribution in [0.5, 0.6) is 0 Å². The van der Waals surface area contributed by atoms with Gasteiger partial charge in [-0.25, -0.2) is 8.60 Å². The molecule has 1 aromatic carbocycles. The minimum absolute atomic E-state index is 0.129. The van der Waals surface area contributed by atoms with Crippen LogP contribution in [0.3, 0.4) is 0 Å². The Kier molecular flexibility index (Phi) is 2.34. The Morgan fingerprint density at radius 1 is 1.40 bits per heavy atom. The van der Waals surface area contributed by atoms with Crippen molar-refractivity contribution in [2.75, 3.05) is 0 Å². The highest BCUT2D eigenvalue weighted by Gasteiger charge is 1.94. The number of hydrogen-bond donors (Lipinski definition) is 0. The summed E-state index contributed by atoms with van der Waals surface area (Å²) in [7, 11) is 0. The van der Waals surface area contributed by atoms with E-state index < -0.39 is 5.82 Å². The smallest absolute Gasteiger partial charge is 0.132 e. The van der Waals surface area contributed by atoms with Crippen LogP contribution in [-0.4, -0.2) is 9.58 Å². The minimum Gasteiger partial charge on any atom is -0.212 e. The van der Waals surface area contributed by atoms with Crippen LogP contribution in [0.15, 0.2) is 24.3 Å². The molecule has 0 aliphatic rings. The Hall–Kier alpha value is -0.960. The van der Waals surface area contributed by atoms with Gasteiger partial charge in [0.15, 0.2) is 0 Å². The zero-order valence-electron chi connectivity index (χ0n) is 5.00. The lowest BCUT2D eigenvalue weighted by Crippen LogP contribution is -1.84. The standard InChI is InChI=1S/C7H4FOS/c8-7-4-2-1-3-6(7)5-10-9/h1-4H. The van der Waals surface area contributed by atoms with Crippen LogP contribution in [0.25, 0.3) is 0 Å². The molecule has 0 atom stereocenters. The molecule has 0 amide bonds. The first-order valence-electron chi connectivity index (χ1n) is 2.64. The summed E-state index contributed by atoms with van der Waals surface area (Å²) in [5, 5.41) is 2.26. The molecule has 0 saturated heterocycles. The molecule has 0 fully saturated rings. The third-order valence-electron chi connectivity index (χ3n) is 1.03. The third kappa shape index (κ3) is 1.51. The molecular formula is C7H4FOS. The van der Waals surface area contributed by atoms with Crippen LogP contribution in [0, 0.1) is 5.82 Å². The van der Waals surface area contributed by atoms with Gasteiger partial charge in [-0.15, -0.1) is 0 Å². The summed E-state index contributed by atoms with van der Waals surface area (Å²) in [6.45, 7) is 0. The zero-order chi connectivity index (χ0) is 7.40. The van der Waals surface area contributed by atoms with Gasteiger partial charge in [-0.3, -0.25) is 0 Å². The Bertz CT molecular complexity index is 279. The van der Waals surface area contributed by atoms with Crippen molar-refractivity contribution >= 4 is 16.6 Å². The molecule has 0 bridgehead atoms. The average Bonchev–Trinajstić information content (AvgIpc) is 1.94. The van der Waals surface area contributed by atoms with E-state index in [-0.39, 0.29) is 16.8 Å². The molecule has 0 saturated carbocycles. The number of halogens is 1. The van der Waals surface area contributed by atoms with E-state index >= 15 is 0 Å². The predicted octanol–water partition coefficient (Wildman–Crippen LogP) is 1.07. The highest BCUT2D eigenvalue weighted by atomic mass is 32.1. The quantitative estimate of drug-likeness (QED) is 0.554. The van der Waals surface area contributed by atoms with Gasteiger partial charge in [-0.1, -0.05) is 18.2 Å². The van der Waals surface area contributed by atoms with Crippen LogP contribution >= 0.6 is 0 Å². The van der Waals surface area contributed by atoms with Gasteiger partial charge in [0, 0.05) is 5.56 Å². The lowest BCUT2D eigenvalue weighted by molar-refractivity contribution is 0.626. The molecule has 3 heteroatoms. The maximum absolute atomic E-state index is 12.6. The molecule has 0 aliphatic carbocycles. The second-order valence-corrected chi connectivity index (χ2v) is 2.04. The monoisotopic (exact) mass is 155 g/mol. The van der Waals surface area contributed by atoms with E-state index in [1.165, 1.54) is 12.1 Å². The van der Waals surface area contributed by atoms with E-state index in [0.717, 1.165) is 0 Å². The van der Waals surface area contributed by atoms with Crippen molar-refractivity contribution in [1.29, 1.82) is 0 Å². The summed E-state index contributed by atoms with van der Waals surface area (Å²) in [6.07, 6.45) is 0. The minimum atomic E-state index is -0.411. The molecular weight excluding hydrogens is 151 g/mol. The molecule has 0 heterocycles. The summed E-state index contributed by atoms with van der Waals surface area (Å²) >= 11 is 0.129. The fourth-order valence-electron chi connectivity index (χ4n) is 0.589. The largest absolute Gasteiger partial charge is 0.212 e. The molecule has 0 N–H and O–H groups in total. The van der Waals surface area contributed by atoms with Crippen molar-refractivity contribution in [1.82, 2.24) is 0 Å². The second kappa shape index (κ2) is 3.27. The van der Waals surface area contributed by atoms with Gasteiger partial charge in [0.1, 0.15) is 5.82 Å². The van der Waals surface area contributed by atoms with Gasteiger partial charge in [-0.2, -0.15) is 0 Å². The molecule has 51 valence electrons. The SMILES string of the molecule is O=S=[C]c1ccccc1F. The van der Waals surface area contributed by atoms with E-state index in [0.29, 0.717) is 0 Å². The topological polar surface area (TPSA) is 17.1 Å². The number of benzene rings is 1. The van der Waals surface area contributed by atoms with Crippen molar-refractivity contribution in [2.24, 2.45) is 0 Å². The normalized spacial score (nSPS) is 8.90. The van der Waals surface area contributed by atoms with E-state index in [1.807, 2.05) is 0 Å². The van der Waals surface area contributed by atoms with E-state index in [1.54, 1.807) is 12.1 Å². The van der Waals surface area contributed by atoms with Crippen LogP contribution in [0.4, 0.5) is 4.39 Å².